The summed E-state index contributed by atoms with van der Waals surface area (Å²) in [5.41, 5.74) is 2.41. The predicted molar refractivity (Wildman–Crippen MR) is 118 cm³/mol. The molecule has 162 valence electrons. The Kier molecular flexibility index (Phi) is 9.71. The lowest BCUT2D eigenvalue weighted by Gasteiger charge is -2.22. The van der Waals surface area contributed by atoms with Crippen LogP contribution in [0, 0.1) is 0 Å². The Bertz CT molecular complexity index is 822. The molecule has 2 N–H and O–H groups in total. The van der Waals surface area contributed by atoms with Crippen molar-refractivity contribution in [2.24, 2.45) is 0 Å². The number of para-hydroxylation sites is 1. The lowest BCUT2D eigenvalue weighted by Crippen LogP contribution is -2.41. The molecular formula is C24H32N2O4. The molecule has 2 amide bonds. The molecule has 0 aromatic heterocycles. The topological polar surface area (TPSA) is 78.9 Å². The van der Waals surface area contributed by atoms with Crippen LogP contribution >= 0.6 is 0 Å². The van der Waals surface area contributed by atoms with Crippen molar-refractivity contribution < 1.29 is 19.4 Å². The minimum Gasteiger partial charge on any atom is -0.507 e. The average Bonchev–Trinajstić information content (AvgIpc) is 2.74. The molecule has 0 aliphatic rings. The summed E-state index contributed by atoms with van der Waals surface area (Å²) in [4.78, 5) is 26.3. The second kappa shape index (κ2) is 12.5. The van der Waals surface area contributed by atoms with Crippen LogP contribution in [0.2, 0.25) is 0 Å². The summed E-state index contributed by atoms with van der Waals surface area (Å²) in [6, 6.07) is 14.7. The number of unbranched alkanes of at least 4 members (excludes halogenated alkanes) is 2. The number of benzene rings is 2. The van der Waals surface area contributed by atoms with Gasteiger partial charge in [-0.2, -0.15) is 0 Å². The zero-order chi connectivity index (χ0) is 21.8. The Morgan fingerprint density at radius 3 is 2.53 bits per heavy atom. The zero-order valence-corrected chi connectivity index (χ0v) is 17.9. The first kappa shape index (κ1) is 23.3. The van der Waals surface area contributed by atoms with E-state index >= 15 is 0 Å². The molecule has 0 bridgehead atoms. The number of nitrogens with zero attached hydrogens (tertiary/aromatic N) is 1. The van der Waals surface area contributed by atoms with Crippen LogP contribution in [0.15, 0.2) is 48.5 Å². The maximum atomic E-state index is 12.6. The van der Waals surface area contributed by atoms with E-state index in [1.165, 1.54) is 4.90 Å². The van der Waals surface area contributed by atoms with Crippen LogP contribution in [0.1, 0.15) is 45.1 Å². The molecule has 30 heavy (non-hydrogen) atoms. The third-order valence-corrected chi connectivity index (χ3v) is 4.68. The first-order chi connectivity index (χ1) is 14.5. The maximum Gasteiger partial charge on any atom is 0.410 e. The third-order valence-electron chi connectivity index (χ3n) is 4.68. The Balaban J connectivity index is 2.14. The second-order valence-electron chi connectivity index (χ2n) is 7.25. The zero-order valence-electron chi connectivity index (χ0n) is 17.9. The van der Waals surface area contributed by atoms with E-state index in [2.05, 4.69) is 12.2 Å². The van der Waals surface area contributed by atoms with E-state index in [-0.39, 0.29) is 24.7 Å². The number of nitrogens with one attached hydrogen (secondary N) is 1. The number of aromatic hydroxyl groups is 1. The number of phenolic OH excluding ortho intramolecular Hbond substituents is 1. The number of carbonyl (C=O) groups excluding carboxylic acids is 2. The van der Waals surface area contributed by atoms with Crippen molar-refractivity contribution in [3.8, 4) is 16.9 Å². The van der Waals surface area contributed by atoms with Gasteiger partial charge in [-0.3, -0.25) is 9.69 Å². The fourth-order valence-electron chi connectivity index (χ4n) is 2.99. The normalized spacial score (nSPS) is 10.5. The smallest absolute Gasteiger partial charge is 0.410 e. The molecule has 0 fully saturated rings. The van der Waals surface area contributed by atoms with Crippen molar-refractivity contribution in [2.45, 2.75) is 46.1 Å². The molecule has 2 rings (SSSR count). The van der Waals surface area contributed by atoms with Crippen LogP contribution < -0.4 is 5.32 Å². The minimum atomic E-state index is -0.498. The molecule has 6 nitrogen and oxygen atoms in total. The molecule has 2 aromatic rings. The van der Waals surface area contributed by atoms with Crippen molar-refractivity contribution in [1.29, 1.82) is 0 Å². The van der Waals surface area contributed by atoms with Gasteiger partial charge in [-0.15, -0.1) is 0 Å². The Morgan fingerprint density at radius 1 is 1.03 bits per heavy atom. The number of hydrogen-bond acceptors (Lipinski definition) is 4. The molecule has 0 heterocycles. The highest BCUT2D eigenvalue weighted by molar-refractivity contribution is 5.82. The van der Waals surface area contributed by atoms with Gasteiger partial charge in [-0.1, -0.05) is 63.1 Å². The molecule has 0 radical (unpaired) electrons. The molecule has 0 saturated heterocycles. The average molecular weight is 413 g/mol. The lowest BCUT2D eigenvalue weighted by atomic mass is 10.0. The number of carbonyl (C=O) groups is 2. The summed E-state index contributed by atoms with van der Waals surface area (Å²) in [6.45, 7) is 5.19. The molecule has 0 aliphatic carbocycles. The van der Waals surface area contributed by atoms with Gasteiger partial charge in [0.15, 0.2) is 0 Å². The maximum absolute atomic E-state index is 12.6. The summed E-state index contributed by atoms with van der Waals surface area (Å²) in [7, 11) is 0. The summed E-state index contributed by atoms with van der Waals surface area (Å²) in [5, 5.41) is 13.0. The van der Waals surface area contributed by atoms with Crippen molar-refractivity contribution in [2.75, 3.05) is 19.7 Å². The van der Waals surface area contributed by atoms with Gasteiger partial charge in [-0.05, 0) is 36.1 Å². The quantitative estimate of drug-likeness (QED) is 0.524. The molecule has 6 heteroatoms. The molecule has 0 saturated carbocycles. The number of ether oxygens (including phenoxy) is 1. The fourth-order valence-corrected chi connectivity index (χ4v) is 2.99. The van der Waals surface area contributed by atoms with Crippen molar-refractivity contribution in [3.63, 3.8) is 0 Å². The van der Waals surface area contributed by atoms with Gasteiger partial charge in [0, 0.05) is 18.7 Å². The summed E-state index contributed by atoms with van der Waals surface area (Å²) < 4.78 is 5.34. The lowest BCUT2D eigenvalue weighted by molar-refractivity contribution is -0.122. The fraction of sp³-hybridized carbons (Fsp3) is 0.417. The molecule has 0 aliphatic heterocycles. The number of rotatable bonds is 11. The highest BCUT2D eigenvalue weighted by Gasteiger charge is 2.19. The van der Waals surface area contributed by atoms with E-state index < -0.39 is 6.09 Å². The van der Waals surface area contributed by atoms with Gasteiger partial charge in [0.1, 0.15) is 12.3 Å². The van der Waals surface area contributed by atoms with E-state index in [1.54, 1.807) is 12.1 Å². The molecular weight excluding hydrogens is 380 g/mol. The van der Waals surface area contributed by atoms with Crippen molar-refractivity contribution in [1.82, 2.24) is 10.2 Å². The minimum absolute atomic E-state index is 0.0600. The third kappa shape index (κ3) is 7.43. The SMILES string of the molecule is CCCCNC(=O)CN(Cc1cccc(-c2ccccc2O)c1)C(=O)OCCCC. The summed E-state index contributed by atoms with van der Waals surface area (Å²) in [5.74, 6) is -0.00599. The van der Waals surface area contributed by atoms with Gasteiger partial charge in [0.25, 0.3) is 0 Å². The van der Waals surface area contributed by atoms with Crippen LogP contribution in [-0.4, -0.2) is 41.7 Å². The van der Waals surface area contributed by atoms with Crippen LogP contribution in [0.5, 0.6) is 5.75 Å². The van der Waals surface area contributed by atoms with Crippen LogP contribution in [0.3, 0.4) is 0 Å². The molecule has 0 atom stereocenters. The highest BCUT2D eigenvalue weighted by Crippen LogP contribution is 2.29. The van der Waals surface area contributed by atoms with Crippen LogP contribution in [0.4, 0.5) is 4.79 Å². The standard InChI is InChI=1S/C24H32N2O4/c1-3-5-14-25-23(28)18-26(24(29)30-15-6-4-2)17-19-10-9-11-20(16-19)21-12-7-8-13-22(21)27/h7-13,16,27H,3-6,14-15,17-18H2,1-2H3,(H,25,28). The van der Waals surface area contributed by atoms with Crippen molar-refractivity contribution >= 4 is 12.0 Å². The van der Waals surface area contributed by atoms with Crippen LogP contribution in [0.25, 0.3) is 11.1 Å². The monoisotopic (exact) mass is 412 g/mol. The summed E-state index contributed by atoms with van der Waals surface area (Å²) in [6.07, 6.45) is 3.10. The van der Waals surface area contributed by atoms with Gasteiger partial charge < -0.3 is 15.2 Å². The Hall–Kier alpha value is -3.02. The highest BCUT2D eigenvalue weighted by atomic mass is 16.6. The predicted octanol–water partition coefficient (Wildman–Crippen LogP) is 4.71. The van der Waals surface area contributed by atoms with E-state index in [4.69, 9.17) is 4.74 Å². The van der Waals surface area contributed by atoms with Gasteiger partial charge in [-0.25, -0.2) is 4.79 Å². The number of phenols is 1. The van der Waals surface area contributed by atoms with E-state index in [0.29, 0.717) is 18.7 Å². The van der Waals surface area contributed by atoms with Gasteiger partial charge in [0.05, 0.1) is 6.61 Å². The van der Waals surface area contributed by atoms with E-state index in [0.717, 1.165) is 36.8 Å². The Labute approximate surface area is 178 Å². The number of amides is 2. The van der Waals surface area contributed by atoms with E-state index in [1.807, 2.05) is 43.3 Å². The van der Waals surface area contributed by atoms with E-state index in [9.17, 15) is 14.7 Å². The van der Waals surface area contributed by atoms with Gasteiger partial charge >= 0.3 is 6.09 Å². The van der Waals surface area contributed by atoms with Gasteiger partial charge in [0.2, 0.25) is 5.91 Å². The number of hydrogen-bond donors (Lipinski definition) is 2. The Morgan fingerprint density at radius 2 is 1.80 bits per heavy atom. The molecule has 0 unspecified atom stereocenters. The first-order valence-electron chi connectivity index (χ1n) is 10.6. The molecule has 2 aromatic carbocycles. The van der Waals surface area contributed by atoms with Crippen LogP contribution in [-0.2, 0) is 16.1 Å². The van der Waals surface area contributed by atoms with Crippen molar-refractivity contribution in [3.05, 3.63) is 54.1 Å². The first-order valence-corrected chi connectivity index (χ1v) is 10.6. The molecule has 0 spiro atoms. The summed E-state index contributed by atoms with van der Waals surface area (Å²) >= 11 is 0. The largest absolute Gasteiger partial charge is 0.507 e. The second-order valence-corrected chi connectivity index (χ2v) is 7.25.